The van der Waals surface area contributed by atoms with Crippen molar-refractivity contribution in [2.45, 2.75) is 0 Å². The topological polar surface area (TPSA) is 87.2 Å². The van der Waals surface area contributed by atoms with Gasteiger partial charge >= 0.3 is 0 Å². The van der Waals surface area contributed by atoms with Gasteiger partial charge < -0.3 is 9.13 Å². The summed E-state index contributed by atoms with van der Waals surface area (Å²) >= 11 is 3.70. The Bertz CT molecular complexity index is 8930. The number of fused-ring (bicyclic) bond motifs is 14. The molecule has 26 rings (SSSR count). The maximum atomic E-state index is 5.35. The molecule has 0 aliphatic carbocycles. The van der Waals surface area contributed by atoms with Crippen molar-refractivity contribution in [1.82, 2.24) is 39.0 Å². The van der Waals surface area contributed by atoms with Gasteiger partial charge in [0, 0.05) is 112 Å². The second kappa shape index (κ2) is 34.6. The van der Waals surface area contributed by atoms with Crippen molar-refractivity contribution in [3.63, 3.8) is 0 Å². The first-order valence-electron chi connectivity index (χ1n) is 45.9. The highest BCUT2D eigenvalue weighted by atomic mass is 32.1. The number of benzene rings is 20. The van der Waals surface area contributed by atoms with Crippen molar-refractivity contribution >= 4 is 107 Å². The van der Waals surface area contributed by atoms with Crippen LogP contribution in [-0.2, 0) is 0 Å². The fraction of sp³-hybridized carbons (Fsp3) is 0. The number of nitrogens with zero attached hydrogens (tertiary/aromatic N) is 8. The van der Waals surface area contributed by atoms with E-state index in [0.717, 1.165) is 89.3 Å². The lowest BCUT2D eigenvalue weighted by atomic mass is 9.89. The maximum Gasteiger partial charge on any atom is 0.164 e. The third kappa shape index (κ3) is 14.7. The maximum absolute atomic E-state index is 5.35. The first kappa shape index (κ1) is 80.5. The molecule has 0 aliphatic heterocycles. The number of hydrogen-bond donors (Lipinski definition) is 0. The fourth-order valence-corrected chi connectivity index (χ4v) is 22.2. The summed E-state index contributed by atoms with van der Waals surface area (Å²) in [5.74, 6) is 3.74. The third-order valence-corrected chi connectivity index (χ3v) is 28.5. The van der Waals surface area contributed by atoms with Gasteiger partial charge in [-0.15, -0.1) is 22.7 Å². The first-order chi connectivity index (χ1) is 67.4. The molecule has 0 atom stereocenters. The lowest BCUT2D eigenvalue weighted by Gasteiger charge is -2.16. The fourth-order valence-electron chi connectivity index (χ4n) is 19.8. The molecule has 0 saturated carbocycles. The van der Waals surface area contributed by atoms with E-state index >= 15 is 0 Å². The van der Waals surface area contributed by atoms with E-state index < -0.39 is 0 Å². The number of thiophene rings is 2. The second-order valence-electron chi connectivity index (χ2n) is 34.2. The Morgan fingerprint density at radius 2 is 0.449 bits per heavy atom. The lowest BCUT2D eigenvalue weighted by molar-refractivity contribution is 1.07. The van der Waals surface area contributed by atoms with Gasteiger partial charge in [-0.05, 0) is 174 Å². The summed E-state index contributed by atoms with van der Waals surface area (Å²) in [6.45, 7) is 0. The van der Waals surface area contributed by atoms with E-state index in [9.17, 15) is 0 Å². The van der Waals surface area contributed by atoms with Crippen LogP contribution < -0.4 is 0 Å². The Morgan fingerprint density at radius 3 is 0.853 bits per heavy atom. The predicted octanol–water partition coefficient (Wildman–Crippen LogP) is 34.0. The Kier molecular flexibility index (Phi) is 20.5. The van der Waals surface area contributed by atoms with Gasteiger partial charge in [0.1, 0.15) is 0 Å². The summed E-state index contributed by atoms with van der Waals surface area (Å²) in [5.41, 5.74) is 30.8. The Hall–Kier alpha value is -17.5. The number of aromatic nitrogens is 8. The van der Waals surface area contributed by atoms with Crippen molar-refractivity contribution in [3.05, 3.63) is 485 Å². The van der Waals surface area contributed by atoms with Crippen molar-refractivity contribution in [3.8, 4) is 169 Å². The molecule has 0 N–H and O–H groups in total. The van der Waals surface area contributed by atoms with Crippen LogP contribution in [0.2, 0.25) is 0 Å². The summed E-state index contributed by atoms with van der Waals surface area (Å²) in [6, 6.07) is 173. The zero-order chi connectivity index (χ0) is 89.9. The highest BCUT2D eigenvalue weighted by molar-refractivity contribution is 7.26. The molecule has 20 aromatic carbocycles. The van der Waals surface area contributed by atoms with E-state index in [1.54, 1.807) is 0 Å². The Morgan fingerprint density at radius 1 is 0.147 bits per heavy atom. The van der Waals surface area contributed by atoms with E-state index in [1.165, 1.54) is 128 Å². The average molecular weight is 1770 g/mol. The van der Waals surface area contributed by atoms with Crippen LogP contribution in [0, 0.1) is 0 Å². The standard InChI is InChI=1S/2C63H40N4S/c1-6-19-41(20-7-1)48-35-33-45(39-53(48)42-21-8-2-9-22-42)46-34-36-49(54(40-46)63-65-61(43-23-10-3-11-24-43)64-62(66-63)44-25-12-4-13-26-44)50-30-18-31-52-59-57(68-60(50)52)38-37-56-58(59)51-29-16-17-32-55(51)67(56)47-27-14-5-15-28-47;1-6-18-41(19-7-1)49-33-30-45(38-53(49)42-20-8-2-9-21-42)46-31-34-50(54(39-46)63-65-61(43-22-10-3-11-23-43)64-62(66-63)44-24-12-4-13-25-44)47-32-35-52-58(40-47)68-57-37-36-56-59(60(52)57)51-28-16-17-29-55(51)67(56)48-26-14-5-15-27-48/h2*1-40H. The van der Waals surface area contributed by atoms with Crippen LogP contribution >= 0.6 is 22.7 Å². The van der Waals surface area contributed by atoms with Gasteiger partial charge in [-0.2, -0.15) is 0 Å². The molecule has 0 amide bonds. The summed E-state index contributed by atoms with van der Waals surface area (Å²) in [6.07, 6.45) is 0. The molecule has 0 bridgehead atoms. The predicted molar refractivity (Wildman–Crippen MR) is 570 cm³/mol. The van der Waals surface area contributed by atoms with Crippen LogP contribution in [0.1, 0.15) is 0 Å². The molecule has 0 aliphatic rings. The van der Waals surface area contributed by atoms with E-state index in [2.05, 4.69) is 422 Å². The molecule has 10 heteroatoms. The minimum Gasteiger partial charge on any atom is -0.309 e. The van der Waals surface area contributed by atoms with Gasteiger partial charge in [0.25, 0.3) is 0 Å². The molecule has 0 saturated heterocycles. The van der Waals surface area contributed by atoms with E-state index in [0.29, 0.717) is 34.9 Å². The number of hydrogen-bond acceptors (Lipinski definition) is 8. The van der Waals surface area contributed by atoms with E-state index in [-0.39, 0.29) is 0 Å². The van der Waals surface area contributed by atoms with Crippen molar-refractivity contribution < 1.29 is 0 Å². The highest BCUT2D eigenvalue weighted by Crippen LogP contribution is 2.51. The van der Waals surface area contributed by atoms with Gasteiger partial charge in [0.05, 0.1) is 22.1 Å². The van der Waals surface area contributed by atoms with Crippen LogP contribution in [0.5, 0.6) is 0 Å². The van der Waals surface area contributed by atoms with Crippen molar-refractivity contribution in [2.24, 2.45) is 0 Å². The SMILES string of the molecule is c1ccc(-c2nc(-c3ccccc3)nc(-c3cc(-c4ccc(-c5ccccc5)c(-c5ccccc5)c4)ccc3-c3ccc4c(c3)sc3ccc5c(c6ccccc6n5-c5ccccc5)c34)n2)cc1.c1ccc(-c2nc(-c3ccccc3)nc(-c3cc(-c4ccc(-c5ccccc5)c(-c5ccccc5)c4)ccc3-c3cccc4c3sc3ccc5c(c6ccccc6n5-c5ccccc5)c34)n2)cc1. The molecule has 636 valence electrons. The quantitative estimate of drug-likeness (QED) is 0.0958. The van der Waals surface area contributed by atoms with Gasteiger partial charge in [-0.25, -0.2) is 29.9 Å². The van der Waals surface area contributed by atoms with Gasteiger partial charge in [0.15, 0.2) is 34.9 Å². The Balaban J connectivity index is 0.000000145. The van der Waals surface area contributed by atoms with Crippen molar-refractivity contribution in [1.29, 1.82) is 0 Å². The van der Waals surface area contributed by atoms with Gasteiger partial charge in [-0.3, -0.25) is 0 Å². The molecular formula is C126H80N8S2. The van der Waals surface area contributed by atoms with Crippen LogP contribution in [-0.4, -0.2) is 39.0 Å². The normalized spacial score (nSPS) is 11.5. The van der Waals surface area contributed by atoms with Crippen LogP contribution in [0.3, 0.4) is 0 Å². The molecule has 6 heterocycles. The monoisotopic (exact) mass is 1770 g/mol. The zero-order valence-corrected chi connectivity index (χ0v) is 75.2. The van der Waals surface area contributed by atoms with Crippen LogP contribution in [0.4, 0.5) is 0 Å². The minimum atomic E-state index is 0.616. The molecule has 6 aromatic heterocycles. The smallest absolute Gasteiger partial charge is 0.164 e. The summed E-state index contributed by atoms with van der Waals surface area (Å²) in [4.78, 5) is 31.5. The molecule has 0 unspecified atom stereocenters. The highest BCUT2D eigenvalue weighted by Gasteiger charge is 2.27. The largest absolute Gasteiger partial charge is 0.309 e. The number of para-hydroxylation sites is 4. The van der Waals surface area contributed by atoms with E-state index in [4.69, 9.17) is 29.9 Å². The molecule has 8 nitrogen and oxygen atoms in total. The summed E-state index contributed by atoms with van der Waals surface area (Å²) < 4.78 is 9.77. The molecule has 0 fully saturated rings. The average Bonchev–Trinajstić information content (AvgIpc) is 1.56. The molecule has 136 heavy (non-hydrogen) atoms. The van der Waals surface area contributed by atoms with Crippen molar-refractivity contribution in [2.75, 3.05) is 0 Å². The second-order valence-corrected chi connectivity index (χ2v) is 36.4. The van der Waals surface area contributed by atoms with Crippen LogP contribution in [0.15, 0.2) is 485 Å². The first-order valence-corrected chi connectivity index (χ1v) is 47.5. The molecule has 26 aromatic rings. The Labute approximate surface area is 793 Å². The zero-order valence-electron chi connectivity index (χ0n) is 73.6. The van der Waals surface area contributed by atoms with Gasteiger partial charge in [-0.1, -0.05) is 394 Å². The van der Waals surface area contributed by atoms with Gasteiger partial charge in [0.2, 0.25) is 0 Å². The molecule has 0 radical (unpaired) electrons. The molecular weight excluding hydrogens is 1690 g/mol. The lowest BCUT2D eigenvalue weighted by Crippen LogP contribution is -2.01. The van der Waals surface area contributed by atoms with Crippen LogP contribution in [0.25, 0.3) is 253 Å². The summed E-state index contributed by atoms with van der Waals surface area (Å²) in [7, 11) is 0. The summed E-state index contributed by atoms with van der Waals surface area (Å²) in [5, 5.41) is 10.1. The molecule has 0 spiro atoms. The minimum absolute atomic E-state index is 0.616. The number of rotatable bonds is 16. The third-order valence-electron chi connectivity index (χ3n) is 26.2. The van der Waals surface area contributed by atoms with E-state index in [1.807, 2.05) is 95.5 Å².